The third kappa shape index (κ3) is 2.95. The summed E-state index contributed by atoms with van der Waals surface area (Å²) in [5, 5.41) is 8.53. The number of halogens is 2. The molecule has 0 aromatic carbocycles. The van der Waals surface area contributed by atoms with Gasteiger partial charge in [-0.05, 0) is 6.42 Å². The first-order chi connectivity index (χ1) is 11.7. The normalized spacial score (nSPS) is 18.4. The Bertz CT molecular complexity index is 710. The molecule has 2 aromatic rings. The van der Waals surface area contributed by atoms with Gasteiger partial charge in [0.2, 0.25) is 0 Å². The number of hydrogen-bond donors (Lipinski definition) is 0. The van der Waals surface area contributed by atoms with E-state index in [9.17, 15) is 8.78 Å². The van der Waals surface area contributed by atoms with Gasteiger partial charge in [0.1, 0.15) is 29.5 Å². The second-order valence-corrected chi connectivity index (χ2v) is 6.15. The first-order valence-corrected chi connectivity index (χ1v) is 8.19. The zero-order chi connectivity index (χ0) is 16.5. The van der Waals surface area contributed by atoms with E-state index in [2.05, 4.69) is 29.6 Å². The average Bonchev–Trinajstić information content (AvgIpc) is 3.21. The van der Waals surface area contributed by atoms with Crippen molar-refractivity contribution in [1.82, 2.24) is 29.6 Å². The van der Waals surface area contributed by atoms with Crippen LogP contribution in [0.3, 0.4) is 0 Å². The minimum absolute atomic E-state index is 0.221. The predicted molar refractivity (Wildman–Crippen MR) is 82.8 cm³/mol. The molecule has 1 fully saturated rings. The molecule has 0 spiro atoms. The van der Waals surface area contributed by atoms with Gasteiger partial charge in [-0.2, -0.15) is 0 Å². The summed E-state index contributed by atoms with van der Waals surface area (Å²) >= 11 is 0. The molecule has 1 saturated heterocycles. The quantitative estimate of drug-likeness (QED) is 0.839. The molecule has 0 radical (unpaired) electrons. The summed E-state index contributed by atoms with van der Waals surface area (Å²) in [5.74, 6) is 2.69. The van der Waals surface area contributed by atoms with Crippen LogP contribution < -0.4 is 4.90 Å². The summed E-state index contributed by atoms with van der Waals surface area (Å²) in [6, 6.07) is 1.38. The van der Waals surface area contributed by atoms with Crippen molar-refractivity contribution < 1.29 is 8.78 Å². The number of hydrogen-bond acceptors (Lipinski definition) is 6. The summed E-state index contributed by atoms with van der Waals surface area (Å²) in [6.45, 7) is 4.98. The van der Waals surface area contributed by atoms with Crippen LogP contribution in [0.4, 0.5) is 14.6 Å². The number of anilines is 1. The van der Waals surface area contributed by atoms with Crippen LogP contribution in [0, 0.1) is 0 Å². The number of nitrogens with zero attached hydrogens (tertiary/aromatic N) is 7. The van der Waals surface area contributed by atoms with Gasteiger partial charge in [-0.25, -0.2) is 18.7 Å². The van der Waals surface area contributed by atoms with Gasteiger partial charge >= 0.3 is 0 Å². The SMILES string of the molecule is FC(F)c1cc(N2CCN(Cc3nnc4n3CCC4)CC2)ncn1. The molecule has 4 heterocycles. The van der Waals surface area contributed by atoms with Gasteiger partial charge in [-0.15, -0.1) is 10.2 Å². The molecule has 128 valence electrons. The van der Waals surface area contributed by atoms with Crippen LogP contribution in [-0.4, -0.2) is 55.8 Å². The van der Waals surface area contributed by atoms with Gasteiger partial charge in [-0.1, -0.05) is 0 Å². The highest BCUT2D eigenvalue weighted by Gasteiger charge is 2.23. The van der Waals surface area contributed by atoms with E-state index in [0.717, 1.165) is 63.8 Å². The molecular weight excluding hydrogens is 316 g/mol. The minimum Gasteiger partial charge on any atom is -0.354 e. The fraction of sp³-hybridized carbons (Fsp3) is 0.600. The second-order valence-electron chi connectivity index (χ2n) is 6.15. The van der Waals surface area contributed by atoms with Crippen molar-refractivity contribution in [2.24, 2.45) is 0 Å². The molecule has 24 heavy (non-hydrogen) atoms. The van der Waals surface area contributed by atoms with E-state index in [0.29, 0.717) is 5.82 Å². The number of piperazine rings is 1. The first-order valence-electron chi connectivity index (χ1n) is 8.19. The zero-order valence-corrected chi connectivity index (χ0v) is 13.3. The summed E-state index contributed by atoms with van der Waals surface area (Å²) in [5.41, 5.74) is -0.221. The molecule has 0 saturated carbocycles. The molecule has 7 nitrogen and oxygen atoms in total. The van der Waals surface area contributed by atoms with E-state index in [1.807, 2.05) is 4.90 Å². The number of alkyl halides is 2. The van der Waals surface area contributed by atoms with Gasteiger partial charge in [0.15, 0.2) is 0 Å². The van der Waals surface area contributed by atoms with E-state index in [1.54, 1.807) is 0 Å². The molecule has 2 aliphatic rings. The Kier molecular flexibility index (Phi) is 4.09. The number of aryl methyl sites for hydroxylation is 1. The van der Waals surface area contributed by atoms with Gasteiger partial charge in [0.05, 0.1) is 6.54 Å². The Morgan fingerprint density at radius 2 is 1.88 bits per heavy atom. The lowest BCUT2D eigenvalue weighted by atomic mass is 10.3. The highest BCUT2D eigenvalue weighted by Crippen LogP contribution is 2.21. The van der Waals surface area contributed by atoms with E-state index in [1.165, 1.54) is 12.4 Å². The summed E-state index contributed by atoms with van der Waals surface area (Å²) in [7, 11) is 0. The molecule has 0 aliphatic carbocycles. The summed E-state index contributed by atoms with van der Waals surface area (Å²) < 4.78 is 27.7. The van der Waals surface area contributed by atoms with E-state index >= 15 is 0 Å². The standard InChI is InChI=1S/C15H19F2N7/c16-15(17)11-8-13(19-10-18-11)23-6-4-22(5-7-23)9-14-21-20-12-2-1-3-24(12)14/h8,10,15H,1-7,9H2. The maximum atomic E-state index is 12.8. The van der Waals surface area contributed by atoms with Crippen molar-refractivity contribution in [2.75, 3.05) is 31.1 Å². The highest BCUT2D eigenvalue weighted by atomic mass is 19.3. The van der Waals surface area contributed by atoms with Crippen LogP contribution in [0.5, 0.6) is 0 Å². The lowest BCUT2D eigenvalue weighted by Crippen LogP contribution is -2.46. The Hall–Kier alpha value is -2.16. The maximum Gasteiger partial charge on any atom is 0.280 e. The largest absolute Gasteiger partial charge is 0.354 e. The molecule has 2 aliphatic heterocycles. The Morgan fingerprint density at radius 1 is 1.04 bits per heavy atom. The minimum atomic E-state index is -2.57. The lowest BCUT2D eigenvalue weighted by molar-refractivity contribution is 0.146. The molecule has 9 heteroatoms. The average molecular weight is 335 g/mol. The number of aromatic nitrogens is 5. The van der Waals surface area contributed by atoms with Gasteiger partial charge in [-0.3, -0.25) is 4.90 Å². The molecule has 4 rings (SSSR count). The Morgan fingerprint density at radius 3 is 2.67 bits per heavy atom. The Balaban J connectivity index is 1.37. The second kappa shape index (κ2) is 6.39. The van der Waals surface area contributed by atoms with Crippen molar-refractivity contribution in [1.29, 1.82) is 0 Å². The molecular formula is C15H19F2N7. The van der Waals surface area contributed by atoms with Gasteiger partial charge < -0.3 is 9.47 Å². The topological polar surface area (TPSA) is 63.0 Å². The van der Waals surface area contributed by atoms with Crippen LogP contribution in [0.2, 0.25) is 0 Å². The summed E-state index contributed by atoms with van der Waals surface area (Å²) in [6.07, 6.45) is 0.804. The lowest BCUT2D eigenvalue weighted by Gasteiger charge is -2.35. The molecule has 0 bridgehead atoms. The smallest absolute Gasteiger partial charge is 0.280 e. The predicted octanol–water partition coefficient (Wildman–Crippen LogP) is 1.27. The first kappa shape index (κ1) is 15.4. The van der Waals surface area contributed by atoms with Crippen LogP contribution in [0.15, 0.2) is 12.4 Å². The highest BCUT2D eigenvalue weighted by molar-refractivity contribution is 5.39. The van der Waals surface area contributed by atoms with Crippen molar-refractivity contribution >= 4 is 5.82 Å². The maximum absolute atomic E-state index is 12.8. The molecule has 0 N–H and O–H groups in total. The molecule has 0 amide bonds. The fourth-order valence-electron chi connectivity index (χ4n) is 3.32. The van der Waals surface area contributed by atoms with Crippen molar-refractivity contribution in [2.45, 2.75) is 32.4 Å². The van der Waals surface area contributed by atoms with Crippen molar-refractivity contribution in [3.63, 3.8) is 0 Å². The fourth-order valence-corrected chi connectivity index (χ4v) is 3.32. The van der Waals surface area contributed by atoms with Crippen molar-refractivity contribution in [3.05, 3.63) is 29.7 Å². The van der Waals surface area contributed by atoms with Crippen LogP contribution in [-0.2, 0) is 19.5 Å². The molecule has 2 aromatic heterocycles. The third-order valence-corrected chi connectivity index (χ3v) is 4.64. The van der Waals surface area contributed by atoms with E-state index < -0.39 is 6.43 Å². The monoisotopic (exact) mass is 335 g/mol. The molecule has 0 atom stereocenters. The van der Waals surface area contributed by atoms with Crippen LogP contribution in [0.1, 0.15) is 30.2 Å². The number of rotatable bonds is 4. The summed E-state index contributed by atoms with van der Waals surface area (Å²) in [4.78, 5) is 12.1. The van der Waals surface area contributed by atoms with Crippen LogP contribution in [0.25, 0.3) is 0 Å². The molecule has 0 unspecified atom stereocenters. The van der Waals surface area contributed by atoms with Crippen molar-refractivity contribution in [3.8, 4) is 0 Å². The number of fused-ring (bicyclic) bond motifs is 1. The van der Waals surface area contributed by atoms with E-state index in [4.69, 9.17) is 0 Å². The van der Waals surface area contributed by atoms with E-state index in [-0.39, 0.29) is 5.69 Å². The van der Waals surface area contributed by atoms with Crippen LogP contribution >= 0.6 is 0 Å². The zero-order valence-electron chi connectivity index (χ0n) is 13.3. The third-order valence-electron chi connectivity index (χ3n) is 4.64. The van der Waals surface area contributed by atoms with Gasteiger partial charge in [0.25, 0.3) is 6.43 Å². The Labute approximate surface area is 138 Å². The van der Waals surface area contributed by atoms with Gasteiger partial charge in [0, 0.05) is 45.2 Å².